The second-order valence-electron chi connectivity index (χ2n) is 4.48. The normalized spacial score (nSPS) is 10.8. The molecule has 2 aromatic rings. The van der Waals surface area contributed by atoms with Crippen LogP contribution in [0.1, 0.15) is 31.5 Å². The van der Waals surface area contributed by atoms with Crippen LogP contribution >= 0.6 is 0 Å². The van der Waals surface area contributed by atoms with Crippen molar-refractivity contribution in [3.63, 3.8) is 0 Å². The molecule has 2 N–H and O–H groups in total. The van der Waals surface area contributed by atoms with E-state index in [9.17, 15) is 0 Å². The number of benzene rings is 1. The zero-order valence-electron chi connectivity index (χ0n) is 11.2. The average molecular weight is 243 g/mol. The highest BCUT2D eigenvalue weighted by Gasteiger charge is 2.03. The lowest BCUT2D eigenvalue weighted by Crippen LogP contribution is -2.13. The van der Waals surface area contributed by atoms with Gasteiger partial charge in [-0.15, -0.1) is 0 Å². The molecule has 1 aromatic heterocycles. The summed E-state index contributed by atoms with van der Waals surface area (Å²) >= 11 is 0. The fourth-order valence-corrected chi connectivity index (χ4v) is 1.89. The van der Waals surface area contributed by atoms with Gasteiger partial charge in [-0.25, -0.2) is 4.98 Å². The van der Waals surface area contributed by atoms with Crippen LogP contribution in [0.3, 0.4) is 0 Å². The molecule has 0 aliphatic heterocycles. The standard InChI is InChI=1S/C15H21N3/c1-3-9-16-10-14-11-17-15(18-14)13-7-5-12(4-2)6-8-13/h5-8,11,16H,3-4,9-10H2,1-2H3,(H,17,18). The molecule has 0 amide bonds. The first kappa shape index (κ1) is 12.8. The van der Waals surface area contributed by atoms with Crippen molar-refractivity contribution in [3.05, 3.63) is 41.7 Å². The SMILES string of the molecule is CCCNCc1cnc(-c2ccc(CC)cc2)[nH]1. The first-order valence-electron chi connectivity index (χ1n) is 6.67. The third-order valence-corrected chi connectivity index (χ3v) is 3.01. The summed E-state index contributed by atoms with van der Waals surface area (Å²) < 4.78 is 0. The Labute approximate surface area is 109 Å². The lowest BCUT2D eigenvalue weighted by molar-refractivity contribution is 0.667. The van der Waals surface area contributed by atoms with Crippen molar-refractivity contribution in [2.24, 2.45) is 0 Å². The predicted octanol–water partition coefficient (Wildman–Crippen LogP) is 3.14. The van der Waals surface area contributed by atoms with Crippen molar-refractivity contribution in [2.75, 3.05) is 6.54 Å². The number of hydrogen-bond donors (Lipinski definition) is 2. The smallest absolute Gasteiger partial charge is 0.137 e. The van der Waals surface area contributed by atoms with Crippen LogP contribution in [0.4, 0.5) is 0 Å². The summed E-state index contributed by atoms with van der Waals surface area (Å²) in [5.74, 6) is 0.950. The van der Waals surface area contributed by atoms with Gasteiger partial charge in [-0.1, -0.05) is 38.1 Å². The highest BCUT2D eigenvalue weighted by molar-refractivity contribution is 5.55. The Morgan fingerprint density at radius 2 is 1.94 bits per heavy atom. The molecule has 0 aliphatic carbocycles. The quantitative estimate of drug-likeness (QED) is 0.765. The Balaban J connectivity index is 2.04. The van der Waals surface area contributed by atoms with E-state index < -0.39 is 0 Å². The van der Waals surface area contributed by atoms with Gasteiger partial charge in [0.2, 0.25) is 0 Å². The fraction of sp³-hybridized carbons (Fsp3) is 0.400. The van der Waals surface area contributed by atoms with Gasteiger partial charge in [-0.3, -0.25) is 0 Å². The van der Waals surface area contributed by atoms with Gasteiger partial charge >= 0.3 is 0 Å². The van der Waals surface area contributed by atoms with E-state index in [-0.39, 0.29) is 0 Å². The number of aromatic amines is 1. The topological polar surface area (TPSA) is 40.7 Å². The molecule has 96 valence electrons. The fourth-order valence-electron chi connectivity index (χ4n) is 1.89. The maximum Gasteiger partial charge on any atom is 0.137 e. The van der Waals surface area contributed by atoms with E-state index in [1.807, 2.05) is 6.20 Å². The van der Waals surface area contributed by atoms with Gasteiger partial charge in [-0.05, 0) is 24.9 Å². The highest BCUT2D eigenvalue weighted by Crippen LogP contribution is 2.16. The molecule has 1 aromatic carbocycles. The van der Waals surface area contributed by atoms with Crippen LogP contribution in [0.15, 0.2) is 30.5 Å². The molecule has 0 saturated carbocycles. The van der Waals surface area contributed by atoms with Gasteiger partial charge in [0.25, 0.3) is 0 Å². The molecule has 0 radical (unpaired) electrons. The Morgan fingerprint density at radius 1 is 1.17 bits per heavy atom. The summed E-state index contributed by atoms with van der Waals surface area (Å²) in [6.45, 7) is 6.23. The molecule has 0 saturated heterocycles. The van der Waals surface area contributed by atoms with Crippen LogP contribution in [0.5, 0.6) is 0 Å². The van der Waals surface area contributed by atoms with Crippen LogP contribution in [-0.2, 0) is 13.0 Å². The number of nitrogens with zero attached hydrogens (tertiary/aromatic N) is 1. The van der Waals surface area contributed by atoms with Crippen LogP contribution in [0.25, 0.3) is 11.4 Å². The number of rotatable bonds is 6. The van der Waals surface area contributed by atoms with E-state index in [2.05, 4.69) is 53.4 Å². The number of nitrogens with one attached hydrogen (secondary N) is 2. The van der Waals surface area contributed by atoms with E-state index in [1.54, 1.807) is 0 Å². The minimum absolute atomic E-state index is 0.855. The van der Waals surface area contributed by atoms with Crippen molar-refractivity contribution in [1.82, 2.24) is 15.3 Å². The Bertz CT molecular complexity index is 471. The molecule has 1 heterocycles. The molecule has 0 bridgehead atoms. The zero-order valence-corrected chi connectivity index (χ0v) is 11.2. The van der Waals surface area contributed by atoms with Crippen LogP contribution < -0.4 is 5.32 Å². The van der Waals surface area contributed by atoms with E-state index >= 15 is 0 Å². The van der Waals surface area contributed by atoms with Gasteiger partial charge in [-0.2, -0.15) is 0 Å². The zero-order chi connectivity index (χ0) is 12.8. The third-order valence-electron chi connectivity index (χ3n) is 3.01. The second-order valence-corrected chi connectivity index (χ2v) is 4.48. The lowest BCUT2D eigenvalue weighted by Gasteiger charge is -2.01. The number of H-pyrrole nitrogens is 1. The van der Waals surface area contributed by atoms with Crippen molar-refractivity contribution >= 4 is 0 Å². The van der Waals surface area contributed by atoms with E-state index in [0.29, 0.717) is 0 Å². The number of aryl methyl sites for hydroxylation is 1. The highest BCUT2D eigenvalue weighted by atomic mass is 15.0. The molecule has 3 heteroatoms. The number of imidazole rings is 1. The molecular formula is C15H21N3. The van der Waals surface area contributed by atoms with Crippen molar-refractivity contribution in [3.8, 4) is 11.4 Å². The van der Waals surface area contributed by atoms with E-state index in [4.69, 9.17) is 0 Å². The molecule has 0 aliphatic rings. The van der Waals surface area contributed by atoms with E-state index in [1.165, 1.54) is 5.56 Å². The molecule has 0 atom stereocenters. The number of hydrogen-bond acceptors (Lipinski definition) is 2. The maximum absolute atomic E-state index is 4.43. The largest absolute Gasteiger partial charge is 0.341 e. The molecule has 2 rings (SSSR count). The van der Waals surface area contributed by atoms with Crippen LogP contribution in [0.2, 0.25) is 0 Å². The van der Waals surface area contributed by atoms with Crippen LogP contribution in [-0.4, -0.2) is 16.5 Å². The monoisotopic (exact) mass is 243 g/mol. The predicted molar refractivity (Wildman–Crippen MR) is 75.4 cm³/mol. The maximum atomic E-state index is 4.43. The van der Waals surface area contributed by atoms with Crippen LogP contribution in [0, 0.1) is 0 Å². The summed E-state index contributed by atoms with van der Waals surface area (Å²) in [5, 5.41) is 3.36. The van der Waals surface area contributed by atoms with Gasteiger partial charge in [0, 0.05) is 24.0 Å². The van der Waals surface area contributed by atoms with Crippen molar-refractivity contribution < 1.29 is 0 Å². The molecule has 3 nitrogen and oxygen atoms in total. The Hall–Kier alpha value is -1.61. The summed E-state index contributed by atoms with van der Waals surface area (Å²) in [7, 11) is 0. The minimum Gasteiger partial charge on any atom is -0.341 e. The van der Waals surface area contributed by atoms with Crippen molar-refractivity contribution in [1.29, 1.82) is 0 Å². The first-order chi connectivity index (χ1) is 8.83. The van der Waals surface area contributed by atoms with Gasteiger partial charge in [0.15, 0.2) is 0 Å². The molecule has 0 spiro atoms. The molecular weight excluding hydrogens is 222 g/mol. The number of aromatic nitrogens is 2. The van der Waals surface area contributed by atoms with Gasteiger partial charge in [0.05, 0.1) is 0 Å². The minimum atomic E-state index is 0.855. The second kappa shape index (κ2) is 6.36. The summed E-state index contributed by atoms with van der Waals surface area (Å²) in [4.78, 5) is 7.78. The van der Waals surface area contributed by atoms with Gasteiger partial charge < -0.3 is 10.3 Å². The summed E-state index contributed by atoms with van der Waals surface area (Å²) in [5.41, 5.74) is 3.64. The van der Waals surface area contributed by atoms with Gasteiger partial charge in [0.1, 0.15) is 5.82 Å². The molecule has 18 heavy (non-hydrogen) atoms. The third kappa shape index (κ3) is 3.20. The Kier molecular flexibility index (Phi) is 4.53. The van der Waals surface area contributed by atoms with Crippen molar-refractivity contribution in [2.45, 2.75) is 33.2 Å². The molecule has 0 fully saturated rings. The average Bonchev–Trinajstić information content (AvgIpc) is 2.88. The first-order valence-corrected chi connectivity index (χ1v) is 6.67. The lowest BCUT2D eigenvalue weighted by atomic mass is 10.1. The molecule has 0 unspecified atom stereocenters. The summed E-state index contributed by atoms with van der Waals surface area (Å²) in [6.07, 6.45) is 4.13. The Morgan fingerprint density at radius 3 is 2.61 bits per heavy atom. The summed E-state index contributed by atoms with van der Waals surface area (Å²) in [6, 6.07) is 8.57. The van der Waals surface area contributed by atoms with E-state index in [0.717, 1.165) is 43.0 Å².